The number of nitrogens with zero attached hydrogens (tertiary/aromatic N) is 3. The molecule has 2 rings (SSSR count). The third kappa shape index (κ3) is 3.41. The molecule has 0 fully saturated rings. The zero-order valence-corrected chi connectivity index (χ0v) is 13.4. The van der Waals surface area contributed by atoms with Crippen LogP contribution in [0.2, 0.25) is 0 Å². The van der Waals surface area contributed by atoms with Crippen molar-refractivity contribution < 1.29 is 0 Å². The predicted molar refractivity (Wildman–Crippen MR) is 83.8 cm³/mol. The summed E-state index contributed by atoms with van der Waals surface area (Å²) in [6, 6.07) is 6.96. The molecular formula is C15H22N4S. The molecule has 2 aromatic rings. The van der Waals surface area contributed by atoms with E-state index in [0.29, 0.717) is 12.6 Å². The van der Waals surface area contributed by atoms with E-state index in [4.69, 9.17) is 5.73 Å². The van der Waals surface area contributed by atoms with E-state index in [1.807, 2.05) is 0 Å². The van der Waals surface area contributed by atoms with Crippen molar-refractivity contribution in [3.8, 4) is 0 Å². The van der Waals surface area contributed by atoms with Gasteiger partial charge in [-0.25, -0.2) is 0 Å². The molecule has 20 heavy (non-hydrogen) atoms. The van der Waals surface area contributed by atoms with Crippen LogP contribution in [-0.2, 0) is 12.3 Å². The molecule has 0 saturated heterocycles. The quantitative estimate of drug-likeness (QED) is 0.859. The largest absolute Gasteiger partial charge is 0.324 e. The van der Waals surface area contributed by atoms with Crippen LogP contribution in [0.4, 0.5) is 0 Å². The van der Waals surface area contributed by atoms with E-state index in [2.05, 4.69) is 60.7 Å². The summed E-state index contributed by atoms with van der Waals surface area (Å²) in [7, 11) is 0. The lowest BCUT2D eigenvalue weighted by Crippen LogP contribution is -2.11. The average molecular weight is 290 g/mol. The Balaban J connectivity index is 2.16. The summed E-state index contributed by atoms with van der Waals surface area (Å²) in [5.74, 6) is 1.75. The van der Waals surface area contributed by atoms with Gasteiger partial charge in [0.15, 0.2) is 5.16 Å². The molecule has 1 aromatic heterocycles. The first-order valence-corrected chi connectivity index (χ1v) is 7.83. The number of benzene rings is 1. The van der Waals surface area contributed by atoms with Crippen LogP contribution in [0.3, 0.4) is 0 Å². The van der Waals surface area contributed by atoms with Crippen LogP contribution in [0.5, 0.6) is 0 Å². The zero-order valence-electron chi connectivity index (χ0n) is 12.6. The molecule has 0 aliphatic carbocycles. The Bertz CT molecular complexity index is 569. The molecule has 1 heterocycles. The Morgan fingerprint density at radius 2 is 1.80 bits per heavy atom. The summed E-state index contributed by atoms with van der Waals surface area (Å²) in [5.41, 5.74) is 9.63. The molecule has 0 spiro atoms. The molecule has 108 valence electrons. The summed E-state index contributed by atoms with van der Waals surface area (Å²) >= 11 is 1.72. The number of hydrogen-bond donors (Lipinski definition) is 1. The van der Waals surface area contributed by atoms with E-state index in [1.165, 1.54) is 16.7 Å². The van der Waals surface area contributed by atoms with Gasteiger partial charge in [-0.1, -0.05) is 41.1 Å². The van der Waals surface area contributed by atoms with Crippen molar-refractivity contribution in [2.24, 2.45) is 5.73 Å². The summed E-state index contributed by atoms with van der Waals surface area (Å²) in [5, 5.41) is 9.38. The van der Waals surface area contributed by atoms with Crippen LogP contribution in [-0.4, -0.2) is 14.8 Å². The number of rotatable bonds is 5. The Hall–Kier alpha value is -1.33. The maximum absolute atomic E-state index is 5.72. The maximum atomic E-state index is 5.72. The topological polar surface area (TPSA) is 56.7 Å². The van der Waals surface area contributed by atoms with Crippen molar-refractivity contribution in [2.45, 2.75) is 51.2 Å². The van der Waals surface area contributed by atoms with Gasteiger partial charge in [0.2, 0.25) is 0 Å². The van der Waals surface area contributed by atoms with Gasteiger partial charge in [0.1, 0.15) is 5.82 Å². The lowest BCUT2D eigenvalue weighted by atomic mass is 10.1. The van der Waals surface area contributed by atoms with Gasteiger partial charge in [-0.2, -0.15) is 0 Å². The second kappa shape index (κ2) is 6.41. The SMILES string of the molecule is Cc1cc(C)cc(CSc2nnc(CN)n2C(C)C)c1. The molecule has 4 nitrogen and oxygen atoms in total. The molecule has 0 bridgehead atoms. The van der Waals surface area contributed by atoms with E-state index in [1.54, 1.807) is 11.8 Å². The van der Waals surface area contributed by atoms with Crippen LogP contribution in [0, 0.1) is 13.8 Å². The predicted octanol–water partition coefficient (Wildman–Crippen LogP) is 3.23. The van der Waals surface area contributed by atoms with E-state index in [9.17, 15) is 0 Å². The summed E-state index contributed by atoms with van der Waals surface area (Å²) in [6.07, 6.45) is 0. The fourth-order valence-electron chi connectivity index (χ4n) is 2.36. The van der Waals surface area contributed by atoms with Crippen LogP contribution in [0.25, 0.3) is 0 Å². The van der Waals surface area contributed by atoms with Gasteiger partial charge in [-0.05, 0) is 33.3 Å². The fourth-order valence-corrected chi connectivity index (χ4v) is 3.38. The molecular weight excluding hydrogens is 268 g/mol. The highest BCUT2D eigenvalue weighted by Gasteiger charge is 2.14. The van der Waals surface area contributed by atoms with E-state index in [0.717, 1.165) is 16.7 Å². The lowest BCUT2D eigenvalue weighted by molar-refractivity contribution is 0.526. The second-order valence-electron chi connectivity index (χ2n) is 5.35. The first-order valence-electron chi connectivity index (χ1n) is 6.85. The normalized spacial score (nSPS) is 11.3. The van der Waals surface area contributed by atoms with Crippen LogP contribution < -0.4 is 5.73 Å². The standard InChI is InChI=1S/C15H22N4S/c1-10(2)19-14(8-16)17-18-15(19)20-9-13-6-11(3)5-12(4)7-13/h5-7,10H,8-9,16H2,1-4H3. The third-order valence-electron chi connectivity index (χ3n) is 3.08. The minimum absolute atomic E-state index is 0.324. The molecule has 5 heteroatoms. The van der Waals surface area contributed by atoms with Crippen LogP contribution in [0.15, 0.2) is 23.4 Å². The van der Waals surface area contributed by atoms with Gasteiger partial charge in [0.25, 0.3) is 0 Å². The zero-order chi connectivity index (χ0) is 14.7. The summed E-state index contributed by atoms with van der Waals surface area (Å²) in [4.78, 5) is 0. The van der Waals surface area contributed by atoms with Crippen LogP contribution >= 0.6 is 11.8 Å². The van der Waals surface area contributed by atoms with E-state index >= 15 is 0 Å². The van der Waals surface area contributed by atoms with Crippen molar-refractivity contribution in [2.75, 3.05) is 0 Å². The highest BCUT2D eigenvalue weighted by Crippen LogP contribution is 2.25. The van der Waals surface area contributed by atoms with Gasteiger partial charge >= 0.3 is 0 Å². The fraction of sp³-hybridized carbons (Fsp3) is 0.467. The number of thioether (sulfide) groups is 1. The number of nitrogens with two attached hydrogens (primary N) is 1. The monoisotopic (exact) mass is 290 g/mol. The van der Waals surface area contributed by atoms with Gasteiger partial charge in [-0.15, -0.1) is 10.2 Å². The Kier molecular flexibility index (Phi) is 4.83. The van der Waals surface area contributed by atoms with Crippen molar-refractivity contribution in [1.82, 2.24) is 14.8 Å². The van der Waals surface area contributed by atoms with E-state index in [-0.39, 0.29) is 0 Å². The highest BCUT2D eigenvalue weighted by molar-refractivity contribution is 7.98. The van der Waals surface area contributed by atoms with Crippen molar-refractivity contribution in [3.63, 3.8) is 0 Å². The molecule has 0 aliphatic heterocycles. The van der Waals surface area contributed by atoms with Gasteiger partial charge in [-0.3, -0.25) is 0 Å². The minimum atomic E-state index is 0.324. The smallest absolute Gasteiger partial charge is 0.191 e. The maximum Gasteiger partial charge on any atom is 0.191 e. The second-order valence-corrected chi connectivity index (χ2v) is 6.29. The van der Waals surface area contributed by atoms with E-state index < -0.39 is 0 Å². The average Bonchev–Trinajstić information content (AvgIpc) is 2.78. The van der Waals surface area contributed by atoms with Crippen molar-refractivity contribution in [3.05, 3.63) is 40.7 Å². The highest BCUT2D eigenvalue weighted by atomic mass is 32.2. The number of aromatic nitrogens is 3. The number of aryl methyl sites for hydroxylation is 2. The first-order chi connectivity index (χ1) is 9.51. The summed E-state index contributed by atoms with van der Waals surface area (Å²) in [6.45, 7) is 8.94. The van der Waals surface area contributed by atoms with Gasteiger partial charge < -0.3 is 10.3 Å². The Morgan fingerprint density at radius 3 is 2.35 bits per heavy atom. The molecule has 1 aromatic carbocycles. The Labute approximate surface area is 124 Å². The molecule has 0 atom stereocenters. The van der Waals surface area contributed by atoms with Gasteiger partial charge in [0.05, 0.1) is 6.54 Å². The molecule has 2 N–H and O–H groups in total. The third-order valence-corrected chi connectivity index (χ3v) is 4.10. The molecule has 0 saturated carbocycles. The van der Waals surface area contributed by atoms with Crippen molar-refractivity contribution >= 4 is 11.8 Å². The van der Waals surface area contributed by atoms with Crippen LogP contribution in [0.1, 0.15) is 42.4 Å². The minimum Gasteiger partial charge on any atom is -0.324 e. The first kappa shape index (κ1) is 15.1. The molecule has 0 amide bonds. The lowest BCUT2D eigenvalue weighted by Gasteiger charge is -2.13. The van der Waals surface area contributed by atoms with Gasteiger partial charge in [0, 0.05) is 11.8 Å². The number of hydrogen-bond acceptors (Lipinski definition) is 4. The Morgan fingerprint density at radius 1 is 1.15 bits per heavy atom. The van der Waals surface area contributed by atoms with Crippen molar-refractivity contribution in [1.29, 1.82) is 0 Å². The summed E-state index contributed by atoms with van der Waals surface area (Å²) < 4.78 is 2.12. The molecule has 0 aliphatic rings. The molecule has 0 radical (unpaired) electrons. The molecule has 0 unspecified atom stereocenters.